The minimum atomic E-state index is 0.317. The van der Waals surface area contributed by atoms with E-state index in [-0.39, 0.29) is 0 Å². The van der Waals surface area contributed by atoms with Crippen LogP contribution in [0.2, 0.25) is 5.28 Å². The smallest absolute Gasteiger partial charge is 0.242 e. The summed E-state index contributed by atoms with van der Waals surface area (Å²) in [5.41, 5.74) is 0. The summed E-state index contributed by atoms with van der Waals surface area (Å²) in [7, 11) is 0. The van der Waals surface area contributed by atoms with Gasteiger partial charge in [0, 0.05) is 16.3 Å². The number of aromatic amines is 1. The van der Waals surface area contributed by atoms with E-state index < -0.39 is 0 Å². The molecule has 2 rings (SSSR count). The molecule has 14 heavy (non-hydrogen) atoms. The maximum Gasteiger partial charge on any atom is 0.242 e. The molecule has 6 heteroatoms. The largest absolute Gasteiger partial charge is 0.261 e. The van der Waals surface area contributed by atoms with Gasteiger partial charge in [0.05, 0.1) is 5.25 Å². The number of nitrogens with zero attached hydrogens (tertiary/aromatic N) is 2. The Morgan fingerprint density at radius 3 is 2.79 bits per heavy atom. The molecule has 1 aromatic heterocycles. The Hall–Kier alpha value is 0.130. The lowest BCUT2D eigenvalue weighted by molar-refractivity contribution is 0.863. The topological polar surface area (TPSA) is 41.6 Å². The quantitative estimate of drug-likeness (QED) is 0.831. The van der Waals surface area contributed by atoms with Gasteiger partial charge in [0.2, 0.25) is 5.28 Å². The van der Waals surface area contributed by atoms with Gasteiger partial charge in [0.1, 0.15) is 5.82 Å². The highest BCUT2D eigenvalue weighted by Gasteiger charge is 2.28. The van der Waals surface area contributed by atoms with Gasteiger partial charge < -0.3 is 0 Å². The van der Waals surface area contributed by atoms with Crippen molar-refractivity contribution in [2.24, 2.45) is 0 Å². The number of aromatic nitrogens is 3. The Balaban J connectivity index is 2.06. The predicted molar refractivity (Wildman–Crippen MR) is 63.1 cm³/mol. The average Bonchev–Trinajstić information content (AvgIpc) is 2.57. The van der Waals surface area contributed by atoms with E-state index >= 15 is 0 Å². The molecule has 0 aromatic carbocycles. The second-order valence-corrected chi connectivity index (χ2v) is 6.69. The molecule has 2 heterocycles. The second-order valence-electron chi connectivity index (χ2n) is 3.36. The molecule has 3 atom stereocenters. The number of halogens is 1. The molecule has 0 radical (unpaired) electrons. The molecule has 1 fully saturated rings. The van der Waals surface area contributed by atoms with Gasteiger partial charge in [-0.3, -0.25) is 5.10 Å². The minimum absolute atomic E-state index is 0.317. The summed E-state index contributed by atoms with van der Waals surface area (Å²) in [6.45, 7) is 4.53. The molecule has 3 unspecified atom stereocenters. The molecule has 0 bridgehead atoms. The Bertz CT molecular complexity index is 317. The molecule has 78 valence electrons. The number of rotatable bonds is 1. The van der Waals surface area contributed by atoms with Crippen molar-refractivity contribution in [3.8, 4) is 0 Å². The van der Waals surface area contributed by atoms with Gasteiger partial charge in [-0.25, -0.2) is 4.98 Å². The summed E-state index contributed by atoms with van der Waals surface area (Å²) in [5.74, 6) is 1.99. The van der Waals surface area contributed by atoms with E-state index in [9.17, 15) is 0 Å². The molecule has 3 nitrogen and oxygen atoms in total. The first-order valence-electron chi connectivity index (χ1n) is 4.51. The molecule has 0 spiro atoms. The van der Waals surface area contributed by atoms with E-state index in [1.807, 2.05) is 23.5 Å². The Kier molecular flexibility index (Phi) is 3.29. The lowest BCUT2D eigenvalue weighted by Gasteiger charge is -2.29. The van der Waals surface area contributed by atoms with Crippen LogP contribution in [-0.4, -0.2) is 31.4 Å². The van der Waals surface area contributed by atoms with E-state index in [2.05, 4.69) is 29.0 Å². The standard InChI is InChI=1S/C8H12ClN3S2/c1-4-5(2)14-6(3-13-4)7-10-8(9)12-11-7/h4-6H,3H2,1-2H3,(H,10,11,12). The Morgan fingerprint density at radius 1 is 1.43 bits per heavy atom. The van der Waals surface area contributed by atoms with Crippen LogP contribution >= 0.6 is 35.1 Å². The molecule has 0 amide bonds. The minimum Gasteiger partial charge on any atom is -0.261 e. The fraction of sp³-hybridized carbons (Fsp3) is 0.750. The van der Waals surface area contributed by atoms with Crippen LogP contribution in [0.5, 0.6) is 0 Å². The van der Waals surface area contributed by atoms with Crippen molar-refractivity contribution in [1.82, 2.24) is 15.2 Å². The van der Waals surface area contributed by atoms with Crippen molar-refractivity contribution in [3.05, 3.63) is 11.1 Å². The van der Waals surface area contributed by atoms with Crippen LogP contribution in [0.4, 0.5) is 0 Å². The summed E-state index contributed by atoms with van der Waals surface area (Å²) >= 11 is 9.61. The van der Waals surface area contributed by atoms with Gasteiger partial charge in [0.15, 0.2) is 0 Å². The molecule has 1 aromatic rings. The van der Waals surface area contributed by atoms with Crippen molar-refractivity contribution in [1.29, 1.82) is 0 Å². The van der Waals surface area contributed by atoms with Crippen LogP contribution in [0, 0.1) is 0 Å². The lowest BCUT2D eigenvalue weighted by atomic mass is 10.4. The zero-order valence-electron chi connectivity index (χ0n) is 8.03. The second kappa shape index (κ2) is 4.33. The zero-order chi connectivity index (χ0) is 10.1. The van der Waals surface area contributed by atoms with Gasteiger partial charge in [-0.2, -0.15) is 11.8 Å². The number of hydrogen-bond donors (Lipinski definition) is 1. The molecule has 0 saturated carbocycles. The van der Waals surface area contributed by atoms with Crippen LogP contribution in [-0.2, 0) is 0 Å². The number of nitrogens with one attached hydrogen (secondary N) is 1. The average molecular weight is 250 g/mol. The molecule has 1 aliphatic heterocycles. The molecule has 1 aliphatic rings. The first-order chi connectivity index (χ1) is 6.66. The third-order valence-electron chi connectivity index (χ3n) is 2.33. The maximum absolute atomic E-state index is 5.68. The highest BCUT2D eigenvalue weighted by molar-refractivity contribution is 8.07. The molecular formula is C8H12ClN3S2. The molecular weight excluding hydrogens is 238 g/mol. The van der Waals surface area contributed by atoms with Crippen molar-refractivity contribution < 1.29 is 0 Å². The molecule has 1 saturated heterocycles. The number of thioether (sulfide) groups is 2. The van der Waals surface area contributed by atoms with E-state index in [0.717, 1.165) is 16.8 Å². The van der Waals surface area contributed by atoms with Crippen LogP contribution in [0.25, 0.3) is 0 Å². The van der Waals surface area contributed by atoms with Crippen molar-refractivity contribution >= 4 is 35.1 Å². The summed E-state index contributed by atoms with van der Waals surface area (Å²) < 4.78 is 0. The molecule has 1 N–H and O–H groups in total. The summed E-state index contributed by atoms with van der Waals surface area (Å²) in [6, 6.07) is 0. The van der Waals surface area contributed by atoms with Gasteiger partial charge >= 0.3 is 0 Å². The van der Waals surface area contributed by atoms with Gasteiger partial charge in [0.25, 0.3) is 0 Å². The first kappa shape index (κ1) is 10.6. The summed E-state index contributed by atoms with van der Waals surface area (Å²) in [6.07, 6.45) is 0. The van der Waals surface area contributed by atoms with Gasteiger partial charge in [-0.15, -0.1) is 16.9 Å². The third kappa shape index (κ3) is 2.20. The monoisotopic (exact) mass is 249 g/mol. The van der Waals surface area contributed by atoms with Crippen molar-refractivity contribution in [3.63, 3.8) is 0 Å². The van der Waals surface area contributed by atoms with Gasteiger partial charge in [-0.1, -0.05) is 13.8 Å². The number of hydrogen-bond acceptors (Lipinski definition) is 4. The van der Waals surface area contributed by atoms with E-state index in [1.54, 1.807) is 0 Å². The highest BCUT2D eigenvalue weighted by atomic mass is 35.5. The normalized spacial score (nSPS) is 33.2. The number of H-pyrrole nitrogens is 1. The van der Waals surface area contributed by atoms with E-state index in [1.165, 1.54) is 0 Å². The third-order valence-corrected chi connectivity index (χ3v) is 5.90. The fourth-order valence-electron chi connectivity index (χ4n) is 1.32. The predicted octanol–water partition coefficient (Wildman–Crippen LogP) is 2.76. The lowest BCUT2D eigenvalue weighted by Crippen LogP contribution is -2.22. The van der Waals surface area contributed by atoms with Crippen LogP contribution in [0.3, 0.4) is 0 Å². The SMILES string of the molecule is CC1SCC(c2nc(Cl)n[nH]2)SC1C. The van der Waals surface area contributed by atoms with Crippen molar-refractivity contribution in [2.45, 2.75) is 29.6 Å². The Morgan fingerprint density at radius 2 is 2.21 bits per heavy atom. The van der Waals surface area contributed by atoms with Crippen LogP contribution < -0.4 is 0 Å². The molecule has 0 aliphatic carbocycles. The Labute approximate surface area is 96.8 Å². The van der Waals surface area contributed by atoms with Crippen LogP contribution in [0.15, 0.2) is 0 Å². The highest BCUT2D eigenvalue weighted by Crippen LogP contribution is 2.43. The summed E-state index contributed by atoms with van der Waals surface area (Å²) in [4.78, 5) is 4.16. The van der Waals surface area contributed by atoms with E-state index in [0.29, 0.717) is 15.8 Å². The van der Waals surface area contributed by atoms with Gasteiger partial charge in [-0.05, 0) is 11.6 Å². The van der Waals surface area contributed by atoms with E-state index in [4.69, 9.17) is 11.6 Å². The zero-order valence-corrected chi connectivity index (χ0v) is 10.4. The summed E-state index contributed by atoms with van der Waals surface area (Å²) in [5, 5.41) is 8.82. The fourth-order valence-corrected chi connectivity index (χ4v) is 4.32. The van der Waals surface area contributed by atoms with Crippen molar-refractivity contribution in [2.75, 3.05) is 5.75 Å². The first-order valence-corrected chi connectivity index (χ1v) is 6.88. The van der Waals surface area contributed by atoms with Crippen LogP contribution in [0.1, 0.15) is 24.9 Å². The maximum atomic E-state index is 5.68.